The number of aliphatic hydroxyl groups is 2. The summed E-state index contributed by atoms with van der Waals surface area (Å²) in [6.07, 6.45) is 0. The first kappa shape index (κ1) is 18.1. The molecule has 1 fully saturated rings. The van der Waals surface area contributed by atoms with Gasteiger partial charge in [-0.1, -0.05) is 48.5 Å². The highest BCUT2D eigenvalue weighted by Gasteiger charge is 2.23. The van der Waals surface area contributed by atoms with E-state index in [1.165, 1.54) is 11.1 Å². The molecule has 4 nitrogen and oxygen atoms in total. The molecule has 2 N–H and O–H groups in total. The predicted molar refractivity (Wildman–Crippen MR) is 99.9 cm³/mol. The summed E-state index contributed by atoms with van der Waals surface area (Å²) in [5.41, 5.74) is 4.54. The fourth-order valence-corrected chi connectivity index (χ4v) is 3.44. The highest BCUT2D eigenvalue weighted by molar-refractivity contribution is 5.23. The maximum atomic E-state index is 9.14. The summed E-state index contributed by atoms with van der Waals surface area (Å²) >= 11 is 0. The van der Waals surface area contributed by atoms with Gasteiger partial charge in [-0.2, -0.15) is 0 Å². The highest BCUT2D eigenvalue weighted by atomic mass is 16.3. The van der Waals surface area contributed by atoms with Crippen LogP contribution in [-0.4, -0.2) is 45.7 Å². The van der Waals surface area contributed by atoms with Crippen molar-refractivity contribution in [3.05, 3.63) is 70.8 Å². The van der Waals surface area contributed by atoms with Crippen LogP contribution in [0.4, 0.5) is 0 Å². The van der Waals surface area contributed by atoms with E-state index in [1.54, 1.807) is 0 Å². The van der Waals surface area contributed by atoms with Gasteiger partial charge in [0.2, 0.25) is 0 Å². The molecular formula is C21H28N2O2. The van der Waals surface area contributed by atoms with Gasteiger partial charge in [-0.25, -0.2) is 0 Å². The summed E-state index contributed by atoms with van der Waals surface area (Å²) in [4.78, 5) is 5.03. The van der Waals surface area contributed by atoms with Crippen LogP contribution in [0.15, 0.2) is 48.5 Å². The van der Waals surface area contributed by atoms with Gasteiger partial charge in [0.15, 0.2) is 0 Å². The third-order valence-electron chi connectivity index (χ3n) is 5.05. The highest BCUT2D eigenvalue weighted by Crippen LogP contribution is 2.17. The van der Waals surface area contributed by atoms with Crippen molar-refractivity contribution >= 4 is 0 Å². The third-order valence-corrected chi connectivity index (χ3v) is 5.05. The van der Waals surface area contributed by atoms with Gasteiger partial charge in [0.05, 0.1) is 13.2 Å². The van der Waals surface area contributed by atoms with Gasteiger partial charge in [-0.15, -0.1) is 0 Å². The molecule has 3 rings (SSSR count). The molecule has 1 aliphatic rings. The quantitative estimate of drug-likeness (QED) is 0.848. The van der Waals surface area contributed by atoms with Gasteiger partial charge in [-0.05, 0) is 29.2 Å². The van der Waals surface area contributed by atoms with Crippen LogP contribution in [0.25, 0.3) is 0 Å². The van der Waals surface area contributed by atoms with E-state index in [-0.39, 0.29) is 13.2 Å². The predicted octanol–water partition coefficient (Wildman–Crippen LogP) is 2.38. The summed E-state index contributed by atoms with van der Waals surface area (Å²) in [5.74, 6) is 0. The van der Waals surface area contributed by atoms with Crippen LogP contribution in [0.3, 0.4) is 0 Å². The van der Waals surface area contributed by atoms with E-state index in [2.05, 4.69) is 41.0 Å². The lowest BCUT2D eigenvalue weighted by atomic mass is 10.1. The zero-order valence-corrected chi connectivity index (χ0v) is 14.9. The maximum absolute atomic E-state index is 9.14. The molecule has 0 spiro atoms. The molecule has 0 unspecified atom stereocenters. The number of piperazine rings is 1. The lowest BCUT2D eigenvalue weighted by molar-refractivity contribution is 0.0733. The molecule has 0 bridgehead atoms. The summed E-state index contributed by atoms with van der Waals surface area (Å²) in [7, 11) is 0. The molecule has 0 aliphatic carbocycles. The van der Waals surface area contributed by atoms with Crippen LogP contribution in [0.2, 0.25) is 0 Å². The minimum absolute atomic E-state index is 0.106. The Morgan fingerprint density at radius 3 is 1.72 bits per heavy atom. The maximum Gasteiger partial charge on any atom is 0.0681 e. The zero-order chi connectivity index (χ0) is 17.6. The minimum atomic E-state index is 0.106. The number of benzene rings is 2. The van der Waals surface area contributed by atoms with Crippen LogP contribution in [0.1, 0.15) is 29.2 Å². The van der Waals surface area contributed by atoms with Crippen LogP contribution in [-0.2, 0) is 26.3 Å². The SMILES string of the molecule is C[C@@H]1CN(Cc2ccc(CO)cc2)CCN1Cc1ccc(CO)cc1. The summed E-state index contributed by atoms with van der Waals surface area (Å²) in [5, 5.41) is 18.3. The average molecular weight is 340 g/mol. The first-order chi connectivity index (χ1) is 12.2. The second-order valence-electron chi connectivity index (χ2n) is 7.00. The Morgan fingerprint density at radius 1 is 0.760 bits per heavy atom. The average Bonchev–Trinajstić information content (AvgIpc) is 2.65. The standard InChI is InChI=1S/C21H28N2O2/c1-17-12-22(13-18-2-6-20(15-24)7-3-18)10-11-23(17)14-19-4-8-21(16-25)9-5-19/h2-9,17,24-25H,10-16H2,1H3/t17-/m1/s1. The number of rotatable bonds is 6. The monoisotopic (exact) mass is 340 g/mol. The van der Waals surface area contributed by atoms with Crippen molar-refractivity contribution in [1.29, 1.82) is 0 Å². The van der Waals surface area contributed by atoms with E-state index in [1.807, 2.05) is 24.3 Å². The Balaban J connectivity index is 1.52. The minimum Gasteiger partial charge on any atom is -0.392 e. The second-order valence-corrected chi connectivity index (χ2v) is 7.00. The molecule has 1 atom stereocenters. The summed E-state index contributed by atoms with van der Waals surface area (Å²) in [6.45, 7) is 7.64. The molecular weight excluding hydrogens is 312 g/mol. The topological polar surface area (TPSA) is 46.9 Å². The van der Waals surface area contributed by atoms with Crippen molar-refractivity contribution in [3.8, 4) is 0 Å². The largest absolute Gasteiger partial charge is 0.392 e. The van der Waals surface area contributed by atoms with Gasteiger partial charge in [0.1, 0.15) is 0 Å². The van der Waals surface area contributed by atoms with Gasteiger partial charge in [0, 0.05) is 38.8 Å². The van der Waals surface area contributed by atoms with E-state index in [9.17, 15) is 0 Å². The normalized spacial score (nSPS) is 19.2. The number of aliphatic hydroxyl groups excluding tert-OH is 2. The van der Waals surface area contributed by atoms with E-state index in [0.717, 1.165) is 43.9 Å². The molecule has 1 heterocycles. The Kier molecular flexibility index (Phi) is 6.21. The fourth-order valence-electron chi connectivity index (χ4n) is 3.44. The Hall–Kier alpha value is -1.72. The van der Waals surface area contributed by atoms with Crippen molar-refractivity contribution < 1.29 is 10.2 Å². The van der Waals surface area contributed by atoms with E-state index < -0.39 is 0 Å². The van der Waals surface area contributed by atoms with Crippen molar-refractivity contribution in [3.63, 3.8) is 0 Å². The number of nitrogens with zero attached hydrogens (tertiary/aromatic N) is 2. The van der Waals surface area contributed by atoms with E-state index in [0.29, 0.717) is 6.04 Å². The smallest absolute Gasteiger partial charge is 0.0681 e. The van der Waals surface area contributed by atoms with Gasteiger partial charge in [0.25, 0.3) is 0 Å². The van der Waals surface area contributed by atoms with Crippen LogP contribution < -0.4 is 0 Å². The third kappa shape index (κ3) is 4.89. The molecule has 1 saturated heterocycles. The van der Waals surface area contributed by atoms with Gasteiger partial charge < -0.3 is 10.2 Å². The van der Waals surface area contributed by atoms with Crippen molar-refractivity contribution in [2.75, 3.05) is 19.6 Å². The lowest BCUT2D eigenvalue weighted by Gasteiger charge is -2.40. The van der Waals surface area contributed by atoms with Crippen molar-refractivity contribution in [2.45, 2.75) is 39.3 Å². The number of hydrogen-bond acceptors (Lipinski definition) is 4. The summed E-state index contributed by atoms with van der Waals surface area (Å²) in [6, 6.07) is 17.0. The molecule has 2 aromatic rings. The molecule has 2 aromatic carbocycles. The fraction of sp³-hybridized carbons (Fsp3) is 0.429. The van der Waals surface area contributed by atoms with Crippen molar-refractivity contribution in [1.82, 2.24) is 9.80 Å². The van der Waals surface area contributed by atoms with Gasteiger partial charge >= 0.3 is 0 Å². The van der Waals surface area contributed by atoms with Gasteiger partial charge in [-0.3, -0.25) is 9.80 Å². The molecule has 0 amide bonds. The zero-order valence-electron chi connectivity index (χ0n) is 14.9. The molecule has 1 aliphatic heterocycles. The first-order valence-electron chi connectivity index (χ1n) is 9.01. The van der Waals surface area contributed by atoms with Crippen LogP contribution in [0.5, 0.6) is 0 Å². The Morgan fingerprint density at radius 2 is 1.24 bits per heavy atom. The van der Waals surface area contributed by atoms with E-state index >= 15 is 0 Å². The first-order valence-corrected chi connectivity index (χ1v) is 9.01. The summed E-state index contributed by atoms with van der Waals surface area (Å²) < 4.78 is 0. The number of hydrogen-bond donors (Lipinski definition) is 2. The van der Waals surface area contributed by atoms with E-state index in [4.69, 9.17) is 10.2 Å². The molecule has 4 heteroatoms. The lowest BCUT2D eigenvalue weighted by Crippen LogP contribution is -2.50. The Labute approximate surface area is 150 Å². The molecule has 0 saturated carbocycles. The molecule has 0 radical (unpaired) electrons. The molecule has 134 valence electrons. The second kappa shape index (κ2) is 8.59. The Bertz CT molecular complexity index is 655. The molecule has 0 aromatic heterocycles. The van der Waals surface area contributed by atoms with Crippen molar-refractivity contribution in [2.24, 2.45) is 0 Å². The van der Waals surface area contributed by atoms with Crippen LogP contribution >= 0.6 is 0 Å². The molecule has 25 heavy (non-hydrogen) atoms. The van der Waals surface area contributed by atoms with Crippen LogP contribution in [0, 0.1) is 0 Å².